The molecule has 0 saturated heterocycles. The highest BCUT2D eigenvalue weighted by molar-refractivity contribution is 7.16. The second-order valence-electron chi connectivity index (χ2n) is 4.68. The van der Waals surface area contributed by atoms with Crippen LogP contribution >= 0.6 is 11.3 Å². The van der Waals surface area contributed by atoms with Gasteiger partial charge in [-0.3, -0.25) is 14.9 Å². The number of carbonyl (C=O) groups excluding carboxylic acids is 2. The zero-order valence-corrected chi connectivity index (χ0v) is 12.9. The van der Waals surface area contributed by atoms with Crippen molar-refractivity contribution in [3.8, 4) is 11.5 Å². The molecule has 1 aliphatic heterocycles. The zero-order chi connectivity index (χ0) is 17.1. The average Bonchev–Trinajstić information content (AvgIpc) is 3.02. The number of carbonyl (C=O) groups is 2. The van der Waals surface area contributed by atoms with Gasteiger partial charge in [-0.15, -0.1) is 0 Å². The molecule has 1 aromatic heterocycles. The Morgan fingerprint density at radius 3 is 2.96 bits per heavy atom. The second kappa shape index (κ2) is 6.50. The Morgan fingerprint density at radius 1 is 1.38 bits per heavy atom. The Balaban J connectivity index is 1.66. The van der Waals surface area contributed by atoms with E-state index >= 15 is 0 Å². The van der Waals surface area contributed by atoms with E-state index in [0.717, 1.165) is 11.3 Å². The summed E-state index contributed by atoms with van der Waals surface area (Å²) in [6.45, 7) is -0.0537. The minimum absolute atomic E-state index is 0.00607. The summed E-state index contributed by atoms with van der Waals surface area (Å²) >= 11 is 0.950. The molecule has 0 saturated carbocycles. The lowest BCUT2D eigenvalue weighted by Crippen LogP contribution is -2.25. The monoisotopic (exact) mass is 346 g/mol. The molecule has 1 aliphatic rings. The van der Waals surface area contributed by atoms with E-state index in [1.807, 2.05) is 0 Å². The first kappa shape index (κ1) is 15.7. The number of hydrogen-bond donors (Lipinski definition) is 1. The molecule has 0 fully saturated rings. The first-order valence-corrected chi connectivity index (χ1v) is 7.54. The third-order valence-electron chi connectivity index (χ3n) is 2.98. The average molecular weight is 346 g/mol. The predicted molar refractivity (Wildman–Crippen MR) is 86.2 cm³/mol. The molecule has 0 unspecified atom stereocenters. The molecular weight excluding hydrogens is 336 g/mol. The van der Waals surface area contributed by atoms with E-state index in [4.69, 9.17) is 9.47 Å². The molecule has 24 heavy (non-hydrogen) atoms. The van der Waals surface area contributed by atoms with Crippen molar-refractivity contribution in [2.45, 2.75) is 0 Å². The summed E-state index contributed by atoms with van der Waals surface area (Å²) in [7, 11) is 0. The molecule has 0 spiro atoms. The number of benzene rings is 1. The van der Waals surface area contributed by atoms with Crippen molar-refractivity contribution in [2.75, 3.05) is 11.9 Å². The summed E-state index contributed by atoms with van der Waals surface area (Å²) in [5.74, 6) is -0.193. The van der Waals surface area contributed by atoms with Gasteiger partial charge in [0.25, 0.3) is 5.91 Å². The van der Waals surface area contributed by atoms with E-state index in [9.17, 15) is 19.7 Å². The highest BCUT2D eigenvalue weighted by Crippen LogP contribution is 2.31. The van der Waals surface area contributed by atoms with Crippen LogP contribution < -0.4 is 14.8 Å². The maximum Gasteiger partial charge on any atom is 0.336 e. The summed E-state index contributed by atoms with van der Waals surface area (Å²) in [5.41, 5.74) is 0.425. The number of nitro groups is 1. The van der Waals surface area contributed by atoms with Crippen LogP contribution in [0.2, 0.25) is 0 Å². The second-order valence-corrected chi connectivity index (χ2v) is 5.78. The van der Waals surface area contributed by atoms with Crippen molar-refractivity contribution in [3.63, 3.8) is 0 Å². The topological polar surface area (TPSA) is 108 Å². The number of nitrogens with zero attached hydrogens (tertiary/aromatic N) is 1. The third kappa shape index (κ3) is 3.58. The molecule has 0 atom stereocenters. The Kier molecular flexibility index (Phi) is 4.25. The number of rotatable bonds is 4. The zero-order valence-electron chi connectivity index (χ0n) is 12.1. The number of nitrogens with one attached hydrogen (secondary N) is 1. The standard InChI is InChI=1S/C15H10N2O6S/c18-13-8-22-12-4-1-9(7-11(12)16-13)23-15(19)6-3-10-2-5-14(24-10)17(20)21/h1-7H,8H2,(H,16,18)/b6-3+. The lowest BCUT2D eigenvalue weighted by molar-refractivity contribution is -0.380. The predicted octanol–water partition coefficient (Wildman–Crippen LogP) is 2.61. The first-order chi connectivity index (χ1) is 11.5. The molecule has 0 bridgehead atoms. The fourth-order valence-electron chi connectivity index (χ4n) is 1.96. The minimum Gasteiger partial charge on any atom is -0.482 e. The number of ether oxygens (including phenoxy) is 2. The molecule has 1 amide bonds. The lowest BCUT2D eigenvalue weighted by Gasteiger charge is -2.18. The molecule has 8 nitrogen and oxygen atoms in total. The number of anilines is 1. The van der Waals surface area contributed by atoms with Crippen LogP contribution in [-0.2, 0) is 9.59 Å². The van der Waals surface area contributed by atoms with E-state index < -0.39 is 10.9 Å². The van der Waals surface area contributed by atoms with Crippen molar-refractivity contribution < 1.29 is 24.0 Å². The Bertz CT molecular complexity index is 857. The van der Waals surface area contributed by atoms with Gasteiger partial charge in [0.05, 0.1) is 10.6 Å². The number of amides is 1. The van der Waals surface area contributed by atoms with Gasteiger partial charge in [0.2, 0.25) is 0 Å². The fraction of sp³-hybridized carbons (Fsp3) is 0.0667. The SMILES string of the molecule is O=C1COc2ccc(OC(=O)/C=C/c3ccc([N+](=O)[O-])s3)cc2N1. The van der Waals surface area contributed by atoms with Crippen molar-refractivity contribution in [1.82, 2.24) is 0 Å². The van der Waals surface area contributed by atoms with E-state index in [0.29, 0.717) is 16.3 Å². The normalized spacial score (nSPS) is 13.1. The Labute approximate surface area is 139 Å². The molecule has 1 N–H and O–H groups in total. The molecule has 0 radical (unpaired) electrons. The van der Waals surface area contributed by atoms with Crippen molar-refractivity contribution in [2.24, 2.45) is 0 Å². The van der Waals surface area contributed by atoms with Crippen LogP contribution in [-0.4, -0.2) is 23.4 Å². The Hall–Kier alpha value is -3.20. The van der Waals surface area contributed by atoms with E-state index in [1.165, 1.54) is 30.4 Å². The van der Waals surface area contributed by atoms with Gasteiger partial charge in [0.1, 0.15) is 11.5 Å². The Morgan fingerprint density at radius 2 is 2.21 bits per heavy atom. The van der Waals surface area contributed by atoms with E-state index in [2.05, 4.69) is 5.32 Å². The largest absolute Gasteiger partial charge is 0.482 e. The molecular formula is C15H10N2O6S. The van der Waals surface area contributed by atoms with Crippen LogP contribution in [0.3, 0.4) is 0 Å². The van der Waals surface area contributed by atoms with E-state index in [-0.39, 0.29) is 23.3 Å². The third-order valence-corrected chi connectivity index (χ3v) is 3.98. The van der Waals surface area contributed by atoms with Crippen LogP contribution in [0.5, 0.6) is 11.5 Å². The minimum atomic E-state index is -0.644. The summed E-state index contributed by atoms with van der Waals surface area (Å²) in [5, 5.41) is 13.2. The first-order valence-electron chi connectivity index (χ1n) is 6.72. The highest BCUT2D eigenvalue weighted by Gasteiger charge is 2.16. The van der Waals surface area contributed by atoms with Gasteiger partial charge in [-0.1, -0.05) is 11.3 Å². The van der Waals surface area contributed by atoms with Crippen LogP contribution in [0, 0.1) is 10.1 Å². The lowest BCUT2D eigenvalue weighted by atomic mass is 10.2. The molecule has 2 heterocycles. The van der Waals surface area contributed by atoms with Gasteiger partial charge < -0.3 is 14.8 Å². The van der Waals surface area contributed by atoms with Gasteiger partial charge in [-0.05, 0) is 24.3 Å². The van der Waals surface area contributed by atoms with Crippen molar-refractivity contribution in [1.29, 1.82) is 0 Å². The van der Waals surface area contributed by atoms with Gasteiger partial charge in [-0.25, -0.2) is 4.79 Å². The summed E-state index contributed by atoms with van der Waals surface area (Å²) in [6, 6.07) is 7.51. The molecule has 3 rings (SSSR count). The summed E-state index contributed by atoms with van der Waals surface area (Å²) in [6.07, 6.45) is 2.60. The van der Waals surface area contributed by atoms with Crippen molar-refractivity contribution in [3.05, 3.63) is 51.4 Å². The van der Waals surface area contributed by atoms with Gasteiger partial charge >= 0.3 is 11.0 Å². The van der Waals surface area contributed by atoms with Crippen LogP contribution in [0.4, 0.5) is 10.7 Å². The van der Waals surface area contributed by atoms with Crippen LogP contribution in [0.15, 0.2) is 36.4 Å². The number of esters is 1. The van der Waals surface area contributed by atoms with Gasteiger partial charge in [0, 0.05) is 23.1 Å². The molecule has 122 valence electrons. The maximum atomic E-state index is 11.8. The van der Waals surface area contributed by atoms with Gasteiger partial charge in [0.15, 0.2) is 6.61 Å². The van der Waals surface area contributed by atoms with Crippen LogP contribution in [0.1, 0.15) is 4.88 Å². The van der Waals surface area contributed by atoms with E-state index in [1.54, 1.807) is 12.1 Å². The molecule has 1 aromatic carbocycles. The fourth-order valence-corrected chi connectivity index (χ4v) is 2.68. The van der Waals surface area contributed by atoms with Gasteiger partial charge in [-0.2, -0.15) is 0 Å². The molecule has 0 aliphatic carbocycles. The quantitative estimate of drug-likeness (QED) is 0.300. The number of hydrogen-bond acceptors (Lipinski definition) is 7. The number of fused-ring (bicyclic) bond motifs is 1. The number of thiophene rings is 1. The molecule has 9 heteroatoms. The smallest absolute Gasteiger partial charge is 0.336 e. The highest BCUT2D eigenvalue weighted by atomic mass is 32.1. The van der Waals surface area contributed by atoms with Crippen molar-refractivity contribution >= 4 is 40.0 Å². The molecule has 2 aromatic rings. The summed E-state index contributed by atoms with van der Waals surface area (Å²) < 4.78 is 10.3. The maximum absolute atomic E-state index is 11.8. The summed E-state index contributed by atoms with van der Waals surface area (Å²) in [4.78, 5) is 33.7. The van der Waals surface area contributed by atoms with Crippen LogP contribution in [0.25, 0.3) is 6.08 Å².